The molecule has 10 nitrogen and oxygen atoms in total. The van der Waals surface area contributed by atoms with Crippen molar-refractivity contribution in [3.05, 3.63) is 52.2 Å². The fraction of sp³-hybridized carbons (Fsp3) is 0.542. The van der Waals surface area contributed by atoms with Gasteiger partial charge in [-0.15, -0.1) is 25.5 Å². The molecule has 1 aliphatic carbocycles. The molecule has 3 aromatic rings. The maximum atomic E-state index is 12.4. The Labute approximate surface area is 208 Å². The number of hydrogen-bond donors (Lipinski definition) is 0. The Bertz CT molecular complexity index is 1230. The second-order valence-corrected chi connectivity index (χ2v) is 10.6. The molecule has 186 valence electrons. The van der Waals surface area contributed by atoms with Crippen LogP contribution in [0.5, 0.6) is 0 Å². The van der Waals surface area contributed by atoms with Gasteiger partial charge < -0.3 is 14.0 Å². The van der Waals surface area contributed by atoms with Gasteiger partial charge in [0.05, 0.1) is 18.8 Å². The first-order valence-electron chi connectivity index (χ1n) is 11.8. The van der Waals surface area contributed by atoms with Crippen molar-refractivity contribution in [2.75, 3.05) is 0 Å². The van der Waals surface area contributed by atoms with Gasteiger partial charge in [0.2, 0.25) is 11.8 Å². The van der Waals surface area contributed by atoms with E-state index in [4.69, 9.17) is 25.6 Å². The molecule has 0 unspecified atom stereocenters. The summed E-state index contributed by atoms with van der Waals surface area (Å²) < 4.78 is 13.1. The molecule has 3 heterocycles. The normalized spacial score (nSPS) is 20.6. The van der Waals surface area contributed by atoms with E-state index in [1.54, 1.807) is 20.8 Å². The number of hydrogen-bond acceptors (Lipinski definition) is 9. The minimum atomic E-state index is -0.760. The highest BCUT2D eigenvalue weighted by atomic mass is 35.5. The first-order valence-corrected chi connectivity index (χ1v) is 12.2. The Morgan fingerprint density at radius 1 is 1.06 bits per heavy atom. The average molecular weight is 501 g/mol. The summed E-state index contributed by atoms with van der Waals surface area (Å²) in [4.78, 5) is 17.9. The summed E-state index contributed by atoms with van der Waals surface area (Å²) in [6.07, 6.45) is 2.99. The number of hydroxylamine groups is 2. The molecule has 1 aliphatic heterocycles. The largest absolute Gasteiger partial charge is 0.528 e. The highest BCUT2D eigenvalue weighted by Gasteiger charge is 2.33. The minimum absolute atomic E-state index is 0.235. The molecule has 0 N–H and O–H groups in total. The van der Waals surface area contributed by atoms with Crippen LogP contribution >= 0.6 is 11.6 Å². The molecule has 35 heavy (non-hydrogen) atoms. The van der Waals surface area contributed by atoms with Crippen LogP contribution in [0.3, 0.4) is 0 Å². The summed E-state index contributed by atoms with van der Waals surface area (Å²) in [6, 6.07) is 5.71. The van der Waals surface area contributed by atoms with Gasteiger partial charge in [-0.1, -0.05) is 11.6 Å². The van der Waals surface area contributed by atoms with Gasteiger partial charge in [-0.25, -0.2) is 4.79 Å². The van der Waals surface area contributed by atoms with E-state index in [1.165, 1.54) is 5.06 Å². The number of benzene rings is 1. The smallest absolute Gasteiger partial charge is 0.427 e. The summed E-state index contributed by atoms with van der Waals surface area (Å²) in [5.41, 5.74) is 1.20. The summed E-state index contributed by atoms with van der Waals surface area (Å²) in [6.45, 7) is 7.82. The zero-order valence-electron chi connectivity index (χ0n) is 20.3. The molecule has 2 aromatic heterocycles. The minimum Gasteiger partial charge on any atom is -0.427 e. The number of ether oxygens (including phenoxy) is 1. The van der Waals surface area contributed by atoms with Crippen molar-refractivity contribution in [1.82, 2.24) is 30.0 Å². The summed E-state index contributed by atoms with van der Waals surface area (Å²) in [5.74, 6) is 3.41. The summed E-state index contributed by atoms with van der Waals surface area (Å²) in [7, 11) is 0. The van der Waals surface area contributed by atoms with Crippen LogP contribution < -0.4 is 0 Å². The molecule has 0 radical (unpaired) electrons. The Morgan fingerprint density at radius 2 is 1.80 bits per heavy atom. The van der Waals surface area contributed by atoms with Gasteiger partial charge in [0.25, 0.3) is 0 Å². The van der Waals surface area contributed by atoms with Crippen LogP contribution in [0, 0.1) is 6.92 Å². The van der Waals surface area contributed by atoms with E-state index in [0.717, 1.165) is 48.6 Å². The SMILES string of the molecule is Cc1nnc([C@H]2CC[C@H](c3nnc4n3-c3ccc(Cl)cc3CN(OC(=O)OC(C)(C)C)C4)CC2)o1. The fourth-order valence-electron chi connectivity index (χ4n) is 4.78. The van der Waals surface area contributed by atoms with E-state index in [2.05, 4.69) is 25.0 Å². The number of fused-ring (bicyclic) bond motifs is 3. The van der Waals surface area contributed by atoms with Crippen LogP contribution in [0.15, 0.2) is 22.6 Å². The van der Waals surface area contributed by atoms with Crippen LogP contribution in [-0.4, -0.2) is 41.8 Å². The zero-order chi connectivity index (χ0) is 24.7. The molecular formula is C24H29ClN6O4. The molecule has 0 saturated heterocycles. The van der Waals surface area contributed by atoms with Crippen LogP contribution in [0.4, 0.5) is 4.79 Å². The van der Waals surface area contributed by atoms with E-state index >= 15 is 0 Å². The van der Waals surface area contributed by atoms with Crippen molar-refractivity contribution < 1.29 is 18.8 Å². The topological polar surface area (TPSA) is 108 Å². The lowest BCUT2D eigenvalue weighted by molar-refractivity contribution is -0.155. The second kappa shape index (κ2) is 9.23. The maximum Gasteiger partial charge on any atom is 0.528 e. The lowest BCUT2D eigenvalue weighted by atomic mass is 9.81. The standard InChI is InChI=1S/C24H29ClN6O4/c1-14-26-29-22(33-14)16-7-5-15(6-8-16)21-28-27-20-13-30(35-23(32)34-24(2,3)4)12-17-11-18(25)9-10-19(17)31(20)21/h9-11,15-16H,5-8,12-13H2,1-4H3/t15-,16-. The van der Waals surface area contributed by atoms with E-state index in [-0.39, 0.29) is 18.4 Å². The predicted molar refractivity (Wildman–Crippen MR) is 126 cm³/mol. The van der Waals surface area contributed by atoms with Crippen LogP contribution in [0.1, 0.15) is 87.3 Å². The molecule has 11 heteroatoms. The van der Waals surface area contributed by atoms with Gasteiger partial charge in [0.1, 0.15) is 11.4 Å². The lowest BCUT2D eigenvalue weighted by Crippen LogP contribution is -2.31. The Balaban J connectivity index is 1.40. The van der Waals surface area contributed by atoms with Gasteiger partial charge in [-0.2, -0.15) is 0 Å². The van der Waals surface area contributed by atoms with Crippen molar-refractivity contribution in [1.29, 1.82) is 0 Å². The first-order chi connectivity index (χ1) is 16.7. The molecule has 1 aromatic carbocycles. The van der Waals surface area contributed by atoms with Crippen molar-refractivity contribution in [3.63, 3.8) is 0 Å². The molecule has 0 bridgehead atoms. The third-order valence-corrected chi connectivity index (χ3v) is 6.51. The summed E-state index contributed by atoms with van der Waals surface area (Å²) >= 11 is 6.32. The fourth-order valence-corrected chi connectivity index (χ4v) is 4.97. The zero-order valence-corrected chi connectivity index (χ0v) is 21.1. The molecule has 1 saturated carbocycles. The predicted octanol–water partition coefficient (Wildman–Crippen LogP) is 5.24. The summed E-state index contributed by atoms with van der Waals surface area (Å²) in [5, 5.41) is 19.4. The highest BCUT2D eigenvalue weighted by Crippen LogP contribution is 2.41. The molecular weight excluding hydrogens is 472 g/mol. The van der Waals surface area contributed by atoms with Crippen molar-refractivity contribution in [2.24, 2.45) is 0 Å². The molecule has 0 atom stereocenters. The molecule has 0 amide bonds. The molecule has 5 rings (SSSR count). The Morgan fingerprint density at radius 3 is 2.49 bits per heavy atom. The van der Waals surface area contributed by atoms with Gasteiger partial charge in [0.15, 0.2) is 5.82 Å². The molecule has 2 aliphatic rings. The van der Waals surface area contributed by atoms with Gasteiger partial charge in [0, 0.05) is 23.8 Å². The third kappa shape index (κ3) is 5.18. The monoisotopic (exact) mass is 500 g/mol. The van der Waals surface area contributed by atoms with Crippen LogP contribution in [-0.2, 0) is 22.7 Å². The Kier molecular flexibility index (Phi) is 6.27. The van der Waals surface area contributed by atoms with E-state index < -0.39 is 11.8 Å². The quantitative estimate of drug-likeness (QED) is 0.446. The number of aromatic nitrogens is 5. The van der Waals surface area contributed by atoms with Crippen LogP contribution in [0.25, 0.3) is 5.69 Å². The lowest BCUT2D eigenvalue weighted by Gasteiger charge is -2.26. The van der Waals surface area contributed by atoms with Gasteiger partial charge in [-0.05, 0) is 70.2 Å². The molecule has 1 fully saturated rings. The van der Waals surface area contributed by atoms with Gasteiger partial charge >= 0.3 is 6.16 Å². The second-order valence-electron chi connectivity index (χ2n) is 10.1. The van der Waals surface area contributed by atoms with E-state index in [0.29, 0.717) is 23.3 Å². The van der Waals surface area contributed by atoms with E-state index in [1.807, 2.05) is 25.1 Å². The average Bonchev–Trinajstić information content (AvgIpc) is 3.36. The maximum absolute atomic E-state index is 12.4. The van der Waals surface area contributed by atoms with Crippen LogP contribution in [0.2, 0.25) is 5.02 Å². The number of halogens is 1. The van der Waals surface area contributed by atoms with E-state index in [9.17, 15) is 4.79 Å². The van der Waals surface area contributed by atoms with Crippen molar-refractivity contribution >= 4 is 17.8 Å². The first kappa shape index (κ1) is 23.7. The van der Waals surface area contributed by atoms with Gasteiger partial charge in [-0.3, -0.25) is 4.57 Å². The van der Waals surface area contributed by atoms with Crippen molar-refractivity contribution in [2.45, 2.75) is 83.9 Å². The number of aryl methyl sites for hydroxylation is 1. The highest BCUT2D eigenvalue weighted by molar-refractivity contribution is 6.30. The number of nitrogens with zero attached hydrogens (tertiary/aromatic N) is 6. The van der Waals surface area contributed by atoms with Crippen molar-refractivity contribution in [3.8, 4) is 5.69 Å². The third-order valence-electron chi connectivity index (χ3n) is 6.28. The number of carbonyl (C=O) groups is 1. The number of rotatable bonds is 3. The Hall–Kier alpha value is -2.98. The number of carbonyl (C=O) groups excluding carboxylic acids is 1. The molecule has 0 spiro atoms.